The minimum atomic E-state index is -3.92. The van der Waals surface area contributed by atoms with Gasteiger partial charge in [0.1, 0.15) is 10.9 Å². The van der Waals surface area contributed by atoms with Crippen LogP contribution in [0.15, 0.2) is 29.2 Å². The third-order valence-corrected chi connectivity index (χ3v) is 4.27. The van der Waals surface area contributed by atoms with Crippen LogP contribution in [0.3, 0.4) is 0 Å². The van der Waals surface area contributed by atoms with Crippen molar-refractivity contribution in [3.8, 4) is 0 Å². The van der Waals surface area contributed by atoms with Gasteiger partial charge in [0, 0.05) is 0 Å². The molecule has 0 saturated carbocycles. The Kier molecular flexibility index (Phi) is 5.13. The molecule has 0 amide bonds. The molecule has 2 N–H and O–H groups in total. The normalized spacial score (nSPS) is 13.2. The van der Waals surface area contributed by atoms with Crippen LogP contribution in [0.5, 0.6) is 0 Å². The summed E-state index contributed by atoms with van der Waals surface area (Å²) in [4.78, 5) is 10.8. The van der Waals surface area contributed by atoms with Crippen LogP contribution < -0.4 is 4.72 Å². The molecule has 0 fully saturated rings. The Morgan fingerprint density at radius 3 is 2.56 bits per heavy atom. The molecule has 18 heavy (non-hydrogen) atoms. The first kappa shape index (κ1) is 14.9. The average Bonchev–Trinajstić information content (AvgIpc) is 2.28. The second-order valence-electron chi connectivity index (χ2n) is 3.73. The molecule has 0 aromatic heterocycles. The predicted molar refractivity (Wildman–Crippen MR) is 68.1 cm³/mol. The summed E-state index contributed by atoms with van der Waals surface area (Å²) in [5, 5.41) is 8.98. The van der Waals surface area contributed by atoms with Crippen LogP contribution in [0, 0.1) is 0 Å². The van der Waals surface area contributed by atoms with Crippen molar-refractivity contribution in [2.75, 3.05) is 0 Å². The molecule has 1 atom stereocenters. The SMILES string of the molecule is CCCC(NS(=O)(=O)c1ccccc1Cl)C(=O)O. The van der Waals surface area contributed by atoms with E-state index >= 15 is 0 Å². The summed E-state index contributed by atoms with van der Waals surface area (Å²) in [6, 6.07) is 4.75. The number of hydrogen-bond acceptors (Lipinski definition) is 3. The number of carboxylic acids is 1. The van der Waals surface area contributed by atoms with E-state index in [0.717, 1.165) is 0 Å². The van der Waals surface area contributed by atoms with Crippen molar-refractivity contribution in [3.63, 3.8) is 0 Å². The summed E-state index contributed by atoms with van der Waals surface area (Å²) < 4.78 is 26.1. The summed E-state index contributed by atoms with van der Waals surface area (Å²) in [6.07, 6.45) is 0.779. The topological polar surface area (TPSA) is 83.5 Å². The van der Waals surface area contributed by atoms with Gasteiger partial charge in [-0.2, -0.15) is 4.72 Å². The molecule has 1 unspecified atom stereocenters. The minimum Gasteiger partial charge on any atom is -0.480 e. The van der Waals surface area contributed by atoms with Crippen LogP contribution in [0.2, 0.25) is 5.02 Å². The fourth-order valence-corrected chi connectivity index (χ4v) is 3.18. The highest BCUT2D eigenvalue weighted by Gasteiger charge is 2.25. The lowest BCUT2D eigenvalue weighted by molar-refractivity contribution is -0.139. The van der Waals surface area contributed by atoms with E-state index in [2.05, 4.69) is 4.72 Å². The first-order chi connectivity index (χ1) is 8.38. The van der Waals surface area contributed by atoms with Crippen LogP contribution in [0.25, 0.3) is 0 Å². The minimum absolute atomic E-state index is 0.0608. The van der Waals surface area contributed by atoms with Gasteiger partial charge < -0.3 is 5.11 Å². The maximum Gasteiger partial charge on any atom is 0.321 e. The highest BCUT2D eigenvalue weighted by Crippen LogP contribution is 2.20. The molecule has 0 aliphatic carbocycles. The average molecular weight is 292 g/mol. The van der Waals surface area contributed by atoms with Gasteiger partial charge in [-0.3, -0.25) is 4.79 Å². The van der Waals surface area contributed by atoms with Gasteiger partial charge in [-0.25, -0.2) is 8.42 Å². The number of carbonyl (C=O) groups is 1. The van der Waals surface area contributed by atoms with Gasteiger partial charge in [-0.05, 0) is 18.6 Å². The van der Waals surface area contributed by atoms with Gasteiger partial charge >= 0.3 is 5.97 Å². The molecule has 0 aliphatic heterocycles. The standard InChI is InChI=1S/C11H14ClNO4S/c1-2-5-9(11(14)15)13-18(16,17)10-7-4-3-6-8(10)12/h3-4,6-7,9,13H,2,5H2,1H3,(H,14,15). The molecule has 1 aromatic carbocycles. The van der Waals surface area contributed by atoms with Crippen molar-refractivity contribution < 1.29 is 18.3 Å². The summed E-state index contributed by atoms with van der Waals surface area (Å²) in [7, 11) is -3.92. The van der Waals surface area contributed by atoms with E-state index in [1.165, 1.54) is 18.2 Å². The number of sulfonamides is 1. The van der Waals surface area contributed by atoms with Crippen molar-refractivity contribution in [2.24, 2.45) is 0 Å². The number of halogens is 1. The van der Waals surface area contributed by atoms with Crippen molar-refractivity contribution in [3.05, 3.63) is 29.3 Å². The molecular formula is C11H14ClNO4S. The Bertz CT molecular complexity index is 530. The summed E-state index contributed by atoms with van der Waals surface area (Å²) in [5.74, 6) is -1.20. The Hall–Kier alpha value is -1.11. The molecule has 100 valence electrons. The zero-order valence-electron chi connectivity index (χ0n) is 9.76. The predicted octanol–water partition coefficient (Wildman–Crippen LogP) is 1.87. The highest BCUT2D eigenvalue weighted by molar-refractivity contribution is 7.89. The van der Waals surface area contributed by atoms with E-state index in [-0.39, 0.29) is 16.3 Å². The van der Waals surface area contributed by atoms with Crippen LogP contribution in [0.4, 0.5) is 0 Å². The Labute approximate surface area is 111 Å². The molecule has 7 heteroatoms. The quantitative estimate of drug-likeness (QED) is 0.838. The number of hydrogen-bond donors (Lipinski definition) is 2. The van der Waals surface area contributed by atoms with E-state index in [0.29, 0.717) is 6.42 Å². The van der Waals surface area contributed by atoms with Gasteiger partial charge in [0.15, 0.2) is 0 Å². The molecule has 1 rings (SSSR count). The Morgan fingerprint density at radius 2 is 2.06 bits per heavy atom. The fraction of sp³-hybridized carbons (Fsp3) is 0.364. The smallest absolute Gasteiger partial charge is 0.321 e. The molecule has 0 spiro atoms. The monoisotopic (exact) mass is 291 g/mol. The van der Waals surface area contributed by atoms with E-state index in [1.807, 2.05) is 0 Å². The van der Waals surface area contributed by atoms with E-state index < -0.39 is 22.0 Å². The first-order valence-corrected chi connectivity index (χ1v) is 7.24. The van der Waals surface area contributed by atoms with E-state index in [4.69, 9.17) is 16.7 Å². The Balaban J connectivity index is 3.01. The lowest BCUT2D eigenvalue weighted by Gasteiger charge is -2.14. The van der Waals surface area contributed by atoms with Crippen molar-refractivity contribution in [1.82, 2.24) is 4.72 Å². The van der Waals surface area contributed by atoms with Gasteiger partial charge in [0.25, 0.3) is 0 Å². The zero-order chi connectivity index (χ0) is 13.8. The van der Waals surface area contributed by atoms with Crippen LogP contribution in [0.1, 0.15) is 19.8 Å². The lowest BCUT2D eigenvalue weighted by Crippen LogP contribution is -2.40. The summed E-state index contributed by atoms with van der Waals surface area (Å²) >= 11 is 5.78. The maximum absolute atomic E-state index is 12.0. The Morgan fingerprint density at radius 1 is 1.44 bits per heavy atom. The molecule has 1 aromatic rings. The zero-order valence-corrected chi connectivity index (χ0v) is 11.3. The fourth-order valence-electron chi connectivity index (χ4n) is 1.43. The largest absolute Gasteiger partial charge is 0.480 e. The third kappa shape index (κ3) is 3.69. The molecule has 0 radical (unpaired) electrons. The molecule has 0 bridgehead atoms. The van der Waals surface area contributed by atoms with Crippen molar-refractivity contribution in [1.29, 1.82) is 0 Å². The molecule has 0 saturated heterocycles. The molecule has 0 heterocycles. The van der Waals surface area contributed by atoms with Crippen molar-refractivity contribution >= 4 is 27.6 Å². The van der Waals surface area contributed by atoms with Gasteiger partial charge in [0.05, 0.1) is 5.02 Å². The van der Waals surface area contributed by atoms with Gasteiger partial charge in [-0.15, -0.1) is 0 Å². The second-order valence-corrected chi connectivity index (χ2v) is 5.82. The van der Waals surface area contributed by atoms with Crippen LogP contribution >= 0.6 is 11.6 Å². The first-order valence-electron chi connectivity index (χ1n) is 5.38. The number of nitrogens with one attached hydrogen (secondary N) is 1. The number of carboxylic acid groups (broad SMARTS) is 1. The summed E-state index contributed by atoms with van der Waals surface area (Å²) in [5.41, 5.74) is 0. The van der Waals surface area contributed by atoms with E-state index in [9.17, 15) is 13.2 Å². The summed E-state index contributed by atoms with van der Waals surface area (Å²) in [6.45, 7) is 1.78. The second kappa shape index (κ2) is 6.17. The van der Waals surface area contributed by atoms with Crippen LogP contribution in [-0.2, 0) is 14.8 Å². The number of benzene rings is 1. The van der Waals surface area contributed by atoms with Gasteiger partial charge in [0.2, 0.25) is 10.0 Å². The van der Waals surface area contributed by atoms with Gasteiger partial charge in [-0.1, -0.05) is 37.1 Å². The maximum atomic E-state index is 12.0. The number of aliphatic carboxylic acids is 1. The highest BCUT2D eigenvalue weighted by atomic mass is 35.5. The number of rotatable bonds is 6. The third-order valence-electron chi connectivity index (χ3n) is 2.30. The van der Waals surface area contributed by atoms with Crippen molar-refractivity contribution in [2.45, 2.75) is 30.7 Å². The lowest BCUT2D eigenvalue weighted by atomic mass is 10.2. The van der Waals surface area contributed by atoms with Crippen LogP contribution in [-0.4, -0.2) is 25.5 Å². The molecule has 0 aliphatic rings. The van der Waals surface area contributed by atoms with E-state index in [1.54, 1.807) is 13.0 Å². The molecular weight excluding hydrogens is 278 g/mol. The molecule has 5 nitrogen and oxygen atoms in total.